The summed E-state index contributed by atoms with van der Waals surface area (Å²) in [5, 5.41) is 5.95. The summed E-state index contributed by atoms with van der Waals surface area (Å²) in [6.07, 6.45) is 0. The van der Waals surface area contributed by atoms with Crippen molar-refractivity contribution in [3.05, 3.63) is 53.6 Å². The first kappa shape index (κ1) is 22.8. The number of methoxy groups -OCH3 is 1. The SMILES string of the molecule is COCCn1c(SC(C)C(=O)NCC(=O)Nc2c(C)cccc2C)nc2ccccc21. The number of carbonyl (C=O) groups is 2. The van der Waals surface area contributed by atoms with Gasteiger partial charge in [0.1, 0.15) is 0 Å². The van der Waals surface area contributed by atoms with Crippen molar-refractivity contribution in [3.63, 3.8) is 0 Å². The van der Waals surface area contributed by atoms with Gasteiger partial charge in [-0.3, -0.25) is 9.59 Å². The number of carbonyl (C=O) groups excluding carboxylic acids is 2. The fourth-order valence-corrected chi connectivity index (χ4v) is 4.23. The first-order chi connectivity index (χ1) is 14.9. The van der Waals surface area contributed by atoms with Crippen LogP contribution in [0.25, 0.3) is 11.0 Å². The minimum absolute atomic E-state index is 0.0857. The van der Waals surface area contributed by atoms with E-state index in [9.17, 15) is 9.59 Å². The molecule has 1 atom stereocenters. The Morgan fingerprint density at radius 2 is 1.84 bits per heavy atom. The van der Waals surface area contributed by atoms with Crippen LogP contribution in [0.15, 0.2) is 47.6 Å². The fraction of sp³-hybridized carbons (Fsp3) is 0.348. The zero-order valence-electron chi connectivity index (χ0n) is 18.3. The Bertz CT molecular complexity index is 1060. The summed E-state index contributed by atoms with van der Waals surface area (Å²) >= 11 is 1.37. The molecule has 1 aromatic heterocycles. The van der Waals surface area contributed by atoms with Gasteiger partial charge in [-0.1, -0.05) is 42.1 Å². The van der Waals surface area contributed by atoms with E-state index < -0.39 is 5.25 Å². The average molecular weight is 441 g/mol. The van der Waals surface area contributed by atoms with Crippen molar-refractivity contribution in [2.45, 2.75) is 37.7 Å². The van der Waals surface area contributed by atoms with E-state index in [4.69, 9.17) is 4.74 Å². The summed E-state index contributed by atoms with van der Waals surface area (Å²) < 4.78 is 7.28. The summed E-state index contributed by atoms with van der Waals surface area (Å²) in [6.45, 7) is 6.80. The van der Waals surface area contributed by atoms with E-state index in [2.05, 4.69) is 20.2 Å². The minimum Gasteiger partial charge on any atom is -0.383 e. The molecule has 1 heterocycles. The van der Waals surface area contributed by atoms with Crippen molar-refractivity contribution < 1.29 is 14.3 Å². The molecule has 2 N–H and O–H groups in total. The maximum Gasteiger partial charge on any atom is 0.243 e. The molecule has 0 aliphatic heterocycles. The molecule has 7 nitrogen and oxygen atoms in total. The zero-order valence-corrected chi connectivity index (χ0v) is 19.1. The summed E-state index contributed by atoms with van der Waals surface area (Å²) in [7, 11) is 1.66. The monoisotopic (exact) mass is 440 g/mol. The molecule has 0 aliphatic rings. The molecule has 8 heteroatoms. The third-order valence-corrected chi connectivity index (χ3v) is 6.05. The Morgan fingerprint density at radius 3 is 2.55 bits per heavy atom. The highest BCUT2D eigenvalue weighted by molar-refractivity contribution is 8.00. The van der Waals surface area contributed by atoms with Crippen molar-refractivity contribution in [1.82, 2.24) is 14.9 Å². The molecule has 2 aromatic carbocycles. The smallest absolute Gasteiger partial charge is 0.243 e. The second-order valence-electron chi connectivity index (χ2n) is 7.32. The Balaban J connectivity index is 1.61. The lowest BCUT2D eigenvalue weighted by Gasteiger charge is -2.14. The van der Waals surface area contributed by atoms with Gasteiger partial charge >= 0.3 is 0 Å². The molecule has 31 heavy (non-hydrogen) atoms. The largest absolute Gasteiger partial charge is 0.383 e. The Kier molecular flexibility index (Phi) is 7.70. The van der Waals surface area contributed by atoms with E-state index >= 15 is 0 Å². The number of ether oxygens (including phenoxy) is 1. The van der Waals surface area contributed by atoms with Crippen LogP contribution in [0.4, 0.5) is 5.69 Å². The van der Waals surface area contributed by atoms with Crippen LogP contribution < -0.4 is 10.6 Å². The highest BCUT2D eigenvalue weighted by Crippen LogP contribution is 2.27. The second kappa shape index (κ2) is 10.5. The molecule has 164 valence electrons. The van der Waals surface area contributed by atoms with Gasteiger partial charge in [0.05, 0.1) is 29.4 Å². The highest BCUT2D eigenvalue weighted by atomic mass is 32.2. The van der Waals surface area contributed by atoms with Crippen molar-refractivity contribution in [2.24, 2.45) is 0 Å². The molecule has 2 amide bonds. The lowest BCUT2D eigenvalue weighted by Crippen LogP contribution is -2.37. The number of nitrogens with one attached hydrogen (secondary N) is 2. The molecule has 0 radical (unpaired) electrons. The number of thioether (sulfide) groups is 1. The third-order valence-electron chi connectivity index (χ3n) is 4.96. The molecule has 1 unspecified atom stereocenters. The zero-order chi connectivity index (χ0) is 22.4. The van der Waals surface area contributed by atoms with E-state index in [-0.39, 0.29) is 18.4 Å². The van der Waals surface area contributed by atoms with Gasteiger partial charge in [0.15, 0.2) is 5.16 Å². The predicted octanol–water partition coefficient (Wildman–Crippen LogP) is 3.54. The number of fused-ring (bicyclic) bond motifs is 1. The number of benzene rings is 2. The minimum atomic E-state index is -0.411. The van der Waals surface area contributed by atoms with E-state index in [1.54, 1.807) is 7.11 Å². The number of anilines is 1. The maximum atomic E-state index is 12.6. The summed E-state index contributed by atoms with van der Waals surface area (Å²) in [6, 6.07) is 13.7. The number of para-hydroxylation sites is 3. The van der Waals surface area contributed by atoms with Crippen LogP contribution in [-0.2, 0) is 20.9 Å². The third kappa shape index (κ3) is 5.65. The van der Waals surface area contributed by atoms with E-state index in [1.165, 1.54) is 11.8 Å². The number of aryl methyl sites for hydroxylation is 2. The van der Waals surface area contributed by atoms with Crippen LogP contribution >= 0.6 is 11.8 Å². The van der Waals surface area contributed by atoms with Crippen LogP contribution in [0.1, 0.15) is 18.1 Å². The van der Waals surface area contributed by atoms with Gasteiger partial charge in [-0.25, -0.2) is 4.98 Å². The molecule has 0 fully saturated rings. The molecule has 0 spiro atoms. The second-order valence-corrected chi connectivity index (χ2v) is 8.63. The van der Waals surface area contributed by atoms with E-state index in [0.717, 1.165) is 33.0 Å². The summed E-state index contributed by atoms with van der Waals surface area (Å²) in [5.74, 6) is -0.470. The number of amides is 2. The van der Waals surface area contributed by atoms with Gasteiger partial charge in [0.2, 0.25) is 11.8 Å². The maximum absolute atomic E-state index is 12.6. The van der Waals surface area contributed by atoms with Gasteiger partial charge in [-0.15, -0.1) is 0 Å². The highest BCUT2D eigenvalue weighted by Gasteiger charge is 2.20. The van der Waals surface area contributed by atoms with Gasteiger partial charge in [0.25, 0.3) is 0 Å². The van der Waals surface area contributed by atoms with E-state index in [1.807, 2.05) is 63.2 Å². The van der Waals surface area contributed by atoms with Gasteiger partial charge < -0.3 is 19.9 Å². The molecule has 3 aromatic rings. The molecular formula is C23H28N4O3S. The van der Waals surface area contributed by atoms with Gasteiger partial charge in [-0.2, -0.15) is 0 Å². The van der Waals surface area contributed by atoms with Crippen molar-refractivity contribution in [1.29, 1.82) is 0 Å². The van der Waals surface area contributed by atoms with Crippen LogP contribution in [-0.4, -0.2) is 46.9 Å². The lowest BCUT2D eigenvalue weighted by molar-refractivity contribution is -0.123. The quantitative estimate of drug-likeness (QED) is 0.497. The van der Waals surface area contributed by atoms with Crippen molar-refractivity contribution in [3.8, 4) is 0 Å². The molecular weight excluding hydrogens is 412 g/mol. The number of aromatic nitrogens is 2. The van der Waals surface area contributed by atoms with Crippen LogP contribution in [0.5, 0.6) is 0 Å². The van der Waals surface area contributed by atoms with Gasteiger partial charge in [0, 0.05) is 19.3 Å². The number of hydrogen-bond acceptors (Lipinski definition) is 5. The van der Waals surface area contributed by atoms with Crippen molar-refractivity contribution in [2.75, 3.05) is 25.6 Å². The molecule has 0 saturated carbocycles. The predicted molar refractivity (Wildman–Crippen MR) is 124 cm³/mol. The Hall–Kier alpha value is -2.84. The Morgan fingerprint density at radius 1 is 1.13 bits per heavy atom. The van der Waals surface area contributed by atoms with Crippen LogP contribution in [0, 0.1) is 13.8 Å². The number of imidazole rings is 1. The molecule has 0 bridgehead atoms. The lowest BCUT2D eigenvalue weighted by atomic mass is 10.1. The Labute approximate surface area is 186 Å². The molecule has 0 aliphatic carbocycles. The first-order valence-electron chi connectivity index (χ1n) is 10.2. The van der Waals surface area contributed by atoms with E-state index in [0.29, 0.717) is 13.2 Å². The number of rotatable bonds is 9. The summed E-state index contributed by atoms with van der Waals surface area (Å²) in [5.41, 5.74) is 4.64. The van der Waals surface area contributed by atoms with Crippen LogP contribution in [0.3, 0.4) is 0 Å². The topological polar surface area (TPSA) is 85.2 Å². The van der Waals surface area contributed by atoms with Crippen molar-refractivity contribution >= 4 is 40.3 Å². The normalized spacial score (nSPS) is 12.0. The van der Waals surface area contributed by atoms with Gasteiger partial charge in [-0.05, 0) is 44.0 Å². The standard InChI is InChI=1S/C23H28N4O3S/c1-15-8-7-9-16(2)21(15)26-20(28)14-24-22(29)17(3)31-23-25-18-10-5-6-11-19(18)27(23)12-13-30-4/h5-11,17H,12-14H2,1-4H3,(H,24,29)(H,26,28). The average Bonchev–Trinajstić information content (AvgIpc) is 3.10. The molecule has 3 rings (SSSR count). The first-order valence-corrected chi connectivity index (χ1v) is 11.0. The number of hydrogen-bond donors (Lipinski definition) is 2. The van der Waals surface area contributed by atoms with Crippen LogP contribution in [0.2, 0.25) is 0 Å². The molecule has 0 saturated heterocycles. The fourth-order valence-electron chi connectivity index (χ4n) is 3.26. The summed E-state index contributed by atoms with van der Waals surface area (Å²) in [4.78, 5) is 29.6. The number of nitrogens with zero attached hydrogens (tertiary/aromatic N) is 2.